The number of hydrogen-bond acceptors (Lipinski definition) is 4. The Bertz CT molecular complexity index is 477. The number of nitrogens with zero attached hydrogens (tertiary/aromatic N) is 2. The summed E-state index contributed by atoms with van der Waals surface area (Å²) >= 11 is 1.38. The first-order chi connectivity index (χ1) is 11.6. The van der Waals surface area contributed by atoms with Crippen LogP contribution in [0, 0.1) is 5.92 Å². The van der Waals surface area contributed by atoms with Crippen LogP contribution < -0.4 is 5.32 Å². The van der Waals surface area contributed by atoms with Crippen LogP contribution in [0.15, 0.2) is 11.6 Å². The van der Waals surface area contributed by atoms with Gasteiger partial charge in [0.2, 0.25) is 11.8 Å². The highest BCUT2D eigenvalue weighted by atomic mass is 32.1. The Hall–Kier alpha value is -1.43. The fraction of sp³-hybridized carbons (Fsp3) is 0.722. The van der Waals surface area contributed by atoms with E-state index in [1.807, 2.05) is 5.38 Å². The van der Waals surface area contributed by atoms with Gasteiger partial charge >= 0.3 is 0 Å². The van der Waals surface area contributed by atoms with E-state index in [0.29, 0.717) is 11.7 Å². The van der Waals surface area contributed by atoms with Crippen molar-refractivity contribution >= 4 is 28.3 Å². The molecule has 0 aromatic carbocycles. The topological polar surface area (TPSA) is 62.3 Å². The average Bonchev–Trinajstić information content (AvgIpc) is 3.07. The maximum Gasteiger partial charge on any atom is 0.245 e. The van der Waals surface area contributed by atoms with Crippen molar-refractivity contribution in [3.05, 3.63) is 11.6 Å². The van der Waals surface area contributed by atoms with Crippen LogP contribution in [0.5, 0.6) is 0 Å². The van der Waals surface area contributed by atoms with E-state index in [-0.39, 0.29) is 24.3 Å². The van der Waals surface area contributed by atoms with Gasteiger partial charge in [0.05, 0.1) is 6.54 Å². The van der Waals surface area contributed by atoms with Crippen LogP contribution >= 0.6 is 11.3 Å². The quantitative estimate of drug-likeness (QED) is 0.569. The molecule has 6 heteroatoms. The third-order valence-corrected chi connectivity index (χ3v) is 4.79. The van der Waals surface area contributed by atoms with Crippen LogP contribution in [0.2, 0.25) is 0 Å². The number of aromatic nitrogens is 1. The first-order valence-electron chi connectivity index (χ1n) is 9.10. The summed E-state index contributed by atoms with van der Waals surface area (Å²) in [7, 11) is 0. The van der Waals surface area contributed by atoms with E-state index in [1.54, 1.807) is 11.1 Å². The molecule has 2 amide bonds. The molecule has 1 rings (SSSR count). The summed E-state index contributed by atoms with van der Waals surface area (Å²) in [6.45, 7) is 7.10. The zero-order chi connectivity index (χ0) is 17.8. The number of rotatable bonds is 12. The van der Waals surface area contributed by atoms with Gasteiger partial charge < -0.3 is 10.2 Å². The summed E-state index contributed by atoms with van der Waals surface area (Å²) < 4.78 is 0. The van der Waals surface area contributed by atoms with Crippen molar-refractivity contribution in [1.29, 1.82) is 0 Å². The molecule has 1 aromatic rings. The van der Waals surface area contributed by atoms with Crippen LogP contribution in [0.3, 0.4) is 0 Å². The summed E-state index contributed by atoms with van der Waals surface area (Å²) in [5, 5.41) is 5.17. The number of nitrogens with one attached hydrogen (secondary N) is 1. The van der Waals surface area contributed by atoms with Gasteiger partial charge in [-0.25, -0.2) is 4.98 Å². The van der Waals surface area contributed by atoms with Gasteiger partial charge in [0.1, 0.15) is 0 Å². The minimum Gasteiger partial charge on any atom is -0.333 e. The maximum atomic E-state index is 12.8. The van der Waals surface area contributed by atoms with Gasteiger partial charge in [-0.2, -0.15) is 0 Å². The van der Waals surface area contributed by atoms with Crippen LogP contribution in [-0.4, -0.2) is 34.8 Å². The van der Waals surface area contributed by atoms with Gasteiger partial charge in [0.15, 0.2) is 5.13 Å². The Morgan fingerprint density at radius 2 is 1.96 bits per heavy atom. The normalized spacial score (nSPS) is 12.0. The van der Waals surface area contributed by atoms with Crippen molar-refractivity contribution in [2.75, 3.05) is 18.4 Å². The molecule has 0 aliphatic heterocycles. The Kier molecular flexibility index (Phi) is 10.3. The minimum atomic E-state index is -0.167. The number of hydrogen-bond donors (Lipinski definition) is 1. The van der Waals surface area contributed by atoms with E-state index in [1.165, 1.54) is 11.3 Å². The summed E-state index contributed by atoms with van der Waals surface area (Å²) in [4.78, 5) is 30.9. The van der Waals surface area contributed by atoms with Crippen molar-refractivity contribution in [2.24, 2.45) is 5.92 Å². The second kappa shape index (κ2) is 12.0. The number of amides is 2. The lowest BCUT2D eigenvalue weighted by molar-refractivity contribution is -0.138. The van der Waals surface area contributed by atoms with Crippen LogP contribution in [-0.2, 0) is 9.59 Å². The van der Waals surface area contributed by atoms with E-state index >= 15 is 0 Å². The fourth-order valence-electron chi connectivity index (χ4n) is 2.65. The van der Waals surface area contributed by atoms with Gasteiger partial charge in [-0.3, -0.25) is 9.59 Å². The van der Waals surface area contributed by atoms with Crippen molar-refractivity contribution in [3.8, 4) is 0 Å². The molecule has 0 aliphatic rings. The van der Waals surface area contributed by atoms with E-state index in [9.17, 15) is 9.59 Å². The lowest BCUT2D eigenvalue weighted by Gasteiger charge is -2.26. The van der Waals surface area contributed by atoms with E-state index in [0.717, 1.165) is 44.9 Å². The molecule has 0 aliphatic carbocycles. The highest BCUT2D eigenvalue weighted by Crippen LogP contribution is 2.17. The molecule has 0 saturated carbocycles. The Morgan fingerprint density at radius 3 is 2.54 bits per heavy atom. The standard InChI is InChI=1S/C18H31N3O2S/c1-4-7-9-12-21(17(23)15(6-3)10-8-5-2)14-16(22)20-18-19-11-13-24-18/h11,13,15H,4-10,12,14H2,1-3H3,(H,19,20,22). The SMILES string of the molecule is CCCCCN(CC(=O)Nc1nccs1)C(=O)C(CC)CCCC. The predicted octanol–water partition coefficient (Wildman–Crippen LogP) is 4.32. The maximum absolute atomic E-state index is 12.8. The zero-order valence-corrected chi connectivity index (χ0v) is 16.0. The summed E-state index contributed by atoms with van der Waals surface area (Å²) in [5.74, 6) is -0.0178. The number of thiazole rings is 1. The zero-order valence-electron chi connectivity index (χ0n) is 15.2. The molecule has 1 N–H and O–H groups in total. The molecule has 0 bridgehead atoms. The third-order valence-electron chi connectivity index (χ3n) is 4.10. The molecular formula is C18H31N3O2S. The molecule has 5 nitrogen and oxygen atoms in total. The Labute approximate surface area is 149 Å². The van der Waals surface area contributed by atoms with Crippen molar-refractivity contribution in [2.45, 2.75) is 65.7 Å². The molecule has 1 aromatic heterocycles. The Morgan fingerprint density at radius 1 is 1.21 bits per heavy atom. The third kappa shape index (κ3) is 7.43. The smallest absolute Gasteiger partial charge is 0.245 e. The lowest BCUT2D eigenvalue weighted by Crippen LogP contribution is -2.41. The van der Waals surface area contributed by atoms with E-state index < -0.39 is 0 Å². The molecule has 136 valence electrons. The number of carbonyl (C=O) groups excluding carboxylic acids is 2. The second-order valence-corrected chi connectivity index (χ2v) is 6.99. The molecular weight excluding hydrogens is 322 g/mol. The predicted molar refractivity (Wildman–Crippen MR) is 100 cm³/mol. The monoisotopic (exact) mass is 353 g/mol. The highest BCUT2D eigenvalue weighted by molar-refractivity contribution is 7.13. The van der Waals surface area contributed by atoms with Gasteiger partial charge in [-0.1, -0.05) is 46.5 Å². The molecule has 0 spiro atoms. The first-order valence-corrected chi connectivity index (χ1v) is 9.98. The average molecular weight is 354 g/mol. The summed E-state index contributed by atoms with van der Waals surface area (Å²) in [6, 6.07) is 0. The van der Waals surface area contributed by atoms with E-state index in [4.69, 9.17) is 0 Å². The minimum absolute atomic E-state index is 0.0271. The van der Waals surface area contributed by atoms with Gasteiger partial charge in [-0.15, -0.1) is 11.3 Å². The molecule has 24 heavy (non-hydrogen) atoms. The van der Waals surface area contributed by atoms with Crippen molar-refractivity contribution < 1.29 is 9.59 Å². The van der Waals surface area contributed by atoms with Crippen LogP contribution in [0.1, 0.15) is 65.7 Å². The molecule has 0 saturated heterocycles. The molecule has 1 unspecified atom stereocenters. The number of unbranched alkanes of at least 4 members (excludes halogenated alkanes) is 3. The molecule has 1 heterocycles. The van der Waals surface area contributed by atoms with Gasteiger partial charge in [0, 0.05) is 24.0 Å². The molecule has 0 radical (unpaired) electrons. The summed E-state index contributed by atoms with van der Waals surface area (Å²) in [5.41, 5.74) is 0. The first kappa shape index (κ1) is 20.6. The van der Waals surface area contributed by atoms with Crippen molar-refractivity contribution in [3.63, 3.8) is 0 Å². The van der Waals surface area contributed by atoms with Crippen molar-refractivity contribution in [1.82, 2.24) is 9.88 Å². The number of anilines is 1. The lowest BCUT2D eigenvalue weighted by atomic mass is 9.97. The van der Waals surface area contributed by atoms with Gasteiger partial charge in [-0.05, 0) is 19.3 Å². The molecule has 1 atom stereocenters. The number of carbonyl (C=O) groups is 2. The largest absolute Gasteiger partial charge is 0.333 e. The second-order valence-electron chi connectivity index (χ2n) is 6.10. The van der Waals surface area contributed by atoms with Crippen LogP contribution in [0.4, 0.5) is 5.13 Å². The molecule has 0 fully saturated rings. The van der Waals surface area contributed by atoms with Gasteiger partial charge in [0.25, 0.3) is 0 Å². The highest BCUT2D eigenvalue weighted by Gasteiger charge is 2.24. The van der Waals surface area contributed by atoms with E-state index in [2.05, 4.69) is 31.1 Å². The van der Waals surface area contributed by atoms with Crippen LogP contribution in [0.25, 0.3) is 0 Å². The Balaban J connectivity index is 2.66. The summed E-state index contributed by atoms with van der Waals surface area (Å²) in [6.07, 6.45) is 8.65. The fourth-order valence-corrected chi connectivity index (χ4v) is 3.19.